The lowest BCUT2D eigenvalue weighted by molar-refractivity contribution is 0.102. The van der Waals surface area contributed by atoms with Gasteiger partial charge < -0.3 is 9.15 Å². The molecule has 1 atom stereocenters. The molecule has 0 radical (unpaired) electrons. The number of benzene rings is 1. The SMILES string of the molecule is O=C(/C=C/c1ccc(OCC2CS2)cc1)c1ccco1. The number of carbonyl (C=O) groups is 1. The number of hydrogen-bond donors (Lipinski definition) is 0. The Bertz CT molecular complexity index is 595. The van der Waals surface area contributed by atoms with E-state index in [-0.39, 0.29) is 5.78 Å². The van der Waals surface area contributed by atoms with Gasteiger partial charge in [-0.05, 0) is 35.9 Å². The fourth-order valence-corrected chi connectivity index (χ4v) is 2.10. The maximum absolute atomic E-state index is 11.7. The van der Waals surface area contributed by atoms with Crippen molar-refractivity contribution in [3.05, 3.63) is 60.1 Å². The average Bonchev–Trinajstić information content (AvgIpc) is 3.15. The summed E-state index contributed by atoms with van der Waals surface area (Å²) in [6.07, 6.45) is 4.77. The van der Waals surface area contributed by atoms with Crippen LogP contribution in [-0.4, -0.2) is 23.4 Å². The van der Waals surface area contributed by atoms with Crippen LogP contribution in [0.4, 0.5) is 0 Å². The molecule has 3 rings (SSSR count). The van der Waals surface area contributed by atoms with Crippen LogP contribution in [0.25, 0.3) is 6.08 Å². The van der Waals surface area contributed by atoms with Crippen LogP contribution in [0.2, 0.25) is 0 Å². The zero-order valence-electron chi connectivity index (χ0n) is 10.8. The molecule has 0 spiro atoms. The maximum Gasteiger partial charge on any atom is 0.221 e. The Kier molecular flexibility index (Phi) is 3.92. The Hall–Kier alpha value is -1.94. The third-order valence-electron chi connectivity index (χ3n) is 2.91. The van der Waals surface area contributed by atoms with Gasteiger partial charge in [-0.3, -0.25) is 4.79 Å². The monoisotopic (exact) mass is 286 g/mol. The van der Waals surface area contributed by atoms with Gasteiger partial charge in [-0.25, -0.2) is 0 Å². The maximum atomic E-state index is 11.7. The first-order valence-corrected chi connectivity index (χ1v) is 7.46. The van der Waals surface area contributed by atoms with Crippen molar-refractivity contribution in [2.75, 3.05) is 12.4 Å². The summed E-state index contributed by atoms with van der Waals surface area (Å²) in [7, 11) is 0. The average molecular weight is 286 g/mol. The van der Waals surface area contributed by atoms with Crippen molar-refractivity contribution in [2.45, 2.75) is 5.25 Å². The second-order valence-corrected chi connectivity index (χ2v) is 5.84. The topological polar surface area (TPSA) is 39.4 Å². The van der Waals surface area contributed by atoms with Crippen molar-refractivity contribution in [1.82, 2.24) is 0 Å². The zero-order chi connectivity index (χ0) is 13.8. The molecule has 1 aliphatic rings. The largest absolute Gasteiger partial charge is 0.492 e. The van der Waals surface area contributed by atoms with Gasteiger partial charge in [0, 0.05) is 11.0 Å². The Morgan fingerprint density at radius 3 is 2.80 bits per heavy atom. The minimum atomic E-state index is -0.138. The standard InChI is InChI=1S/C16H14O3S/c17-15(16-2-1-9-18-16)8-5-12-3-6-13(7-4-12)19-10-14-11-20-14/h1-9,14H,10-11H2/b8-5+. The van der Waals surface area contributed by atoms with Crippen LogP contribution in [0.15, 0.2) is 53.2 Å². The van der Waals surface area contributed by atoms with Crippen molar-refractivity contribution in [2.24, 2.45) is 0 Å². The van der Waals surface area contributed by atoms with Crippen LogP contribution >= 0.6 is 11.8 Å². The zero-order valence-corrected chi connectivity index (χ0v) is 11.6. The van der Waals surface area contributed by atoms with E-state index >= 15 is 0 Å². The van der Waals surface area contributed by atoms with E-state index < -0.39 is 0 Å². The Labute approximate surface area is 121 Å². The molecule has 0 aliphatic carbocycles. The van der Waals surface area contributed by atoms with Crippen LogP contribution in [0.5, 0.6) is 5.75 Å². The van der Waals surface area contributed by atoms with Crippen molar-refractivity contribution >= 4 is 23.6 Å². The third kappa shape index (κ3) is 3.54. The second kappa shape index (κ2) is 6.01. The summed E-state index contributed by atoms with van der Waals surface area (Å²) in [5, 5.41) is 0.667. The van der Waals surface area contributed by atoms with Crippen LogP contribution in [0, 0.1) is 0 Å². The highest BCUT2D eigenvalue weighted by molar-refractivity contribution is 8.06. The van der Waals surface area contributed by atoms with Crippen LogP contribution in [-0.2, 0) is 0 Å². The van der Waals surface area contributed by atoms with Crippen molar-refractivity contribution in [3.63, 3.8) is 0 Å². The van der Waals surface area contributed by atoms with E-state index in [1.807, 2.05) is 36.0 Å². The van der Waals surface area contributed by atoms with Gasteiger partial charge in [0.25, 0.3) is 0 Å². The van der Waals surface area contributed by atoms with Gasteiger partial charge in [0.1, 0.15) is 12.4 Å². The molecule has 1 unspecified atom stereocenters. The molecule has 4 heteroatoms. The number of ether oxygens (including phenoxy) is 1. The van der Waals surface area contributed by atoms with E-state index in [1.54, 1.807) is 18.2 Å². The fourth-order valence-electron chi connectivity index (χ4n) is 1.70. The molecular formula is C16H14O3S. The van der Waals surface area contributed by atoms with Crippen LogP contribution < -0.4 is 4.74 Å². The van der Waals surface area contributed by atoms with E-state index in [4.69, 9.17) is 9.15 Å². The first kappa shape index (κ1) is 13.1. The molecule has 20 heavy (non-hydrogen) atoms. The molecule has 2 heterocycles. The van der Waals surface area contributed by atoms with Crippen molar-refractivity contribution < 1.29 is 13.9 Å². The van der Waals surface area contributed by atoms with Crippen molar-refractivity contribution in [1.29, 1.82) is 0 Å². The molecule has 3 nitrogen and oxygen atoms in total. The highest BCUT2D eigenvalue weighted by atomic mass is 32.2. The Morgan fingerprint density at radius 1 is 1.35 bits per heavy atom. The summed E-state index contributed by atoms with van der Waals surface area (Å²) in [6.45, 7) is 0.775. The number of hydrogen-bond acceptors (Lipinski definition) is 4. The minimum absolute atomic E-state index is 0.138. The predicted molar refractivity (Wildman–Crippen MR) is 80.3 cm³/mol. The lowest BCUT2D eigenvalue weighted by Crippen LogP contribution is -2.02. The summed E-state index contributed by atoms with van der Waals surface area (Å²) in [4.78, 5) is 11.7. The van der Waals surface area contributed by atoms with E-state index in [0.29, 0.717) is 11.0 Å². The number of ketones is 1. The fraction of sp³-hybridized carbons (Fsp3) is 0.188. The van der Waals surface area contributed by atoms with E-state index in [2.05, 4.69) is 0 Å². The highest BCUT2D eigenvalue weighted by Crippen LogP contribution is 2.30. The van der Waals surface area contributed by atoms with Gasteiger partial charge in [0.2, 0.25) is 5.78 Å². The molecule has 2 aromatic rings. The van der Waals surface area contributed by atoms with Crippen LogP contribution in [0.1, 0.15) is 16.1 Å². The lowest BCUT2D eigenvalue weighted by Gasteiger charge is -2.04. The Balaban J connectivity index is 1.58. The summed E-state index contributed by atoms with van der Waals surface area (Å²) >= 11 is 1.92. The van der Waals surface area contributed by atoms with Gasteiger partial charge in [0.05, 0.1) is 6.26 Å². The number of furan rings is 1. The number of rotatable bonds is 6. The smallest absolute Gasteiger partial charge is 0.221 e. The molecule has 0 bridgehead atoms. The van der Waals surface area contributed by atoms with Crippen molar-refractivity contribution in [3.8, 4) is 5.75 Å². The first-order valence-electron chi connectivity index (χ1n) is 6.42. The van der Waals surface area contributed by atoms with E-state index in [9.17, 15) is 4.79 Å². The molecule has 1 fully saturated rings. The summed E-state index contributed by atoms with van der Waals surface area (Å²) in [6, 6.07) is 11.1. The quantitative estimate of drug-likeness (QED) is 0.461. The summed E-state index contributed by atoms with van der Waals surface area (Å²) in [5.41, 5.74) is 0.957. The van der Waals surface area contributed by atoms with Gasteiger partial charge in [-0.15, -0.1) is 0 Å². The first-order chi connectivity index (χ1) is 9.81. The summed E-state index contributed by atoms with van der Waals surface area (Å²) in [5.74, 6) is 2.28. The third-order valence-corrected chi connectivity index (χ3v) is 3.85. The number of allylic oxidation sites excluding steroid dienone is 1. The second-order valence-electron chi connectivity index (χ2n) is 4.51. The van der Waals surface area contributed by atoms with E-state index in [0.717, 1.165) is 17.9 Å². The van der Waals surface area contributed by atoms with Gasteiger partial charge in [-0.2, -0.15) is 11.8 Å². The van der Waals surface area contributed by atoms with Gasteiger partial charge in [0.15, 0.2) is 5.76 Å². The number of thioether (sulfide) groups is 1. The molecule has 102 valence electrons. The molecule has 0 amide bonds. The molecule has 0 saturated carbocycles. The summed E-state index contributed by atoms with van der Waals surface area (Å²) < 4.78 is 10.7. The van der Waals surface area contributed by atoms with E-state index in [1.165, 1.54) is 18.1 Å². The van der Waals surface area contributed by atoms with Crippen LogP contribution in [0.3, 0.4) is 0 Å². The number of carbonyl (C=O) groups excluding carboxylic acids is 1. The Morgan fingerprint density at radius 2 is 2.15 bits per heavy atom. The lowest BCUT2D eigenvalue weighted by atomic mass is 10.2. The molecule has 1 aromatic heterocycles. The molecular weight excluding hydrogens is 272 g/mol. The molecule has 1 saturated heterocycles. The highest BCUT2D eigenvalue weighted by Gasteiger charge is 2.22. The van der Waals surface area contributed by atoms with Gasteiger partial charge >= 0.3 is 0 Å². The predicted octanol–water partition coefficient (Wildman–Crippen LogP) is 3.67. The minimum Gasteiger partial charge on any atom is -0.492 e. The molecule has 0 N–H and O–H groups in total. The normalized spacial score (nSPS) is 17.3. The molecule has 1 aliphatic heterocycles. The van der Waals surface area contributed by atoms with Gasteiger partial charge in [-0.1, -0.05) is 18.2 Å². The molecule has 1 aromatic carbocycles.